The van der Waals surface area contributed by atoms with Crippen molar-refractivity contribution < 1.29 is 37.0 Å². The monoisotopic (exact) mass is 499 g/mol. The average molecular weight is 500 g/mol. The number of aliphatic hydroxyl groups is 1. The third kappa shape index (κ3) is 5.78. The Morgan fingerprint density at radius 2 is 1.91 bits per heavy atom. The fraction of sp³-hybridized carbons (Fsp3) is 0.250. The van der Waals surface area contributed by atoms with Gasteiger partial charge >= 0.3 is 6.09 Å². The van der Waals surface area contributed by atoms with Crippen LogP contribution in [0.15, 0.2) is 47.4 Å². The molecule has 1 aliphatic heterocycles. The normalized spacial score (nSPS) is 18.2. The first kappa shape index (κ1) is 24.4. The van der Waals surface area contributed by atoms with Crippen molar-refractivity contribution in [1.82, 2.24) is 10.0 Å². The first-order valence-electron chi connectivity index (χ1n) is 9.49. The second-order valence-electron chi connectivity index (χ2n) is 7.17. The van der Waals surface area contributed by atoms with E-state index in [1.165, 1.54) is 30.3 Å². The lowest BCUT2D eigenvalue weighted by molar-refractivity contribution is -0.175. The summed E-state index contributed by atoms with van der Waals surface area (Å²) < 4.78 is 44.1. The van der Waals surface area contributed by atoms with Gasteiger partial charge in [0.05, 0.1) is 4.90 Å². The molecule has 2 aromatic carbocycles. The van der Waals surface area contributed by atoms with Crippen LogP contribution in [0.25, 0.3) is 0 Å². The topological polar surface area (TPSA) is 142 Å². The van der Waals surface area contributed by atoms with Gasteiger partial charge in [0.2, 0.25) is 5.91 Å². The zero-order chi connectivity index (χ0) is 24.4. The summed E-state index contributed by atoms with van der Waals surface area (Å²) >= 11 is 5.75. The smallest absolute Gasteiger partial charge is 0.407 e. The summed E-state index contributed by atoms with van der Waals surface area (Å²) in [6, 6.07) is 8.67. The van der Waals surface area contributed by atoms with E-state index in [1.807, 2.05) is 4.72 Å². The average Bonchev–Trinajstić information content (AvgIpc) is 2.99. The van der Waals surface area contributed by atoms with Crippen molar-refractivity contribution in [3.05, 3.63) is 58.9 Å². The molecule has 1 aliphatic rings. The molecule has 0 spiro atoms. The Labute approximate surface area is 193 Å². The number of carbonyl (C=O) groups excluding carboxylic acids is 3. The first-order chi connectivity index (χ1) is 15.4. The van der Waals surface area contributed by atoms with Crippen LogP contribution in [0.2, 0.25) is 5.02 Å². The first-order valence-corrected chi connectivity index (χ1v) is 11.4. The molecule has 0 bridgehead atoms. The van der Waals surface area contributed by atoms with Crippen LogP contribution in [0.3, 0.4) is 0 Å². The molecule has 13 heteroatoms. The van der Waals surface area contributed by atoms with Crippen molar-refractivity contribution in [2.45, 2.75) is 30.6 Å². The Bertz CT molecular complexity index is 1190. The van der Waals surface area contributed by atoms with Crippen LogP contribution in [-0.2, 0) is 30.9 Å². The number of amides is 3. The van der Waals surface area contributed by atoms with Crippen molar-refractivity contribution in [3.63, 3.8) is 0 Å². The van der Waals surface area contributed by atoms with E-state index in [0.717, 1.165) is 24.0 Å². The molecule has 1 saturated heterocycles. The highest BCUT2D eigenvalue weighted by molar-refractivity contribution is 7.90. The van der Waals surface area contributed by atoms with Crippen molar-refractivity contribution in [2.24, 2.45) is 0 Å². The van der Waals surface area contributed by atoms with Gasteiger partial charge in [-0.3, -0.25) is 9.59 Å². The summed E-state index contributed by atoms with van der Waals surface area (Å²) in [5, 5.41) is 13.0. The number of nitrogens with one attached hydrogen (secondary N) is 2. The molecule has 0 aromatic heterocycles. The van der Waals surface area contributed by atoms with Gasteiger partial charge in [0, 0.05) is 37.1 Å². The van der Waals surface area contributed by atoms with Gasteiger partial charge in [0.25, 0.3) is 21.7 Å². The number of nitrogens with zero attached hydrogens (tertiary/aromatic N) is 1. The van der Waals surface area contributed by atoms with Gasteiger partial charge in [0.1, 0.15) is 5.82 Å². The molecule has 1 heterocycles. The second kappa shape index (κ2) is 9.33. The summed E-state index contributed by atoms with van der Waals surface area (Å²) in [5.41, 5.74) is 0.591. The van der Waals surface area contributed by atoms with Gasteiger partial charge < -0.3 is 20.1 Å². The molecule has 0 saturated carbocycles. The Morgan fingerprint density at radius 1 is 1.24 bits per heavy atom. The van der Waals surface area contributed by atoms with E-state index in [2.05, 4.69) is 5.32 Å². The number of ether oxygens (including phenoxy) is 1. The molecule has 10 nitrogen and oxygen atoms in total. The largest absolute Gasteiger partial charge is 0.410 e. The third-order valence-corrected chi connectivity index (χ3v) is 6.28. The highest BCUT2D eigenvalue weighted by Gasteiger charge is 2.49. The molecule has 0 aliphatic carbocycles. The summed E-state index contributed by atoms with van der Waals surface area (Å²) in [6.45, 7) is 0.882. The van der Waals surface area contributed by atoms with Crippen LogP contribution in [0.1, 0.15) is 18.9 Å². The van der Waals surface area contributed by atoms with Crippen molar-refractivity contribution in [2.75, 3.05) is 11.4 Å². The molecular weight excluding hydrogens is 481 g/mol. The SMILES string of the molecule is CC(=O)NS(=O)(=O)c1ccc(N2CCC(O)(OC(=O)NCc3cc(F)cc(Cl)c3)C2=O)cc1. The zero-order valence-corrected chi connectivity index (χ0v) is 18.7. The lowest BCUT2D eigenvalue weighted by Gasteiger charge is -2.22. The summed E-state index contributed by atoms with van der Waals surface area (Å²) in [7, 11) is -4.05. The van der Waals surface area contributed by atoms with Crippen molar-refractivity contribution >= 4 is 45.2 Å². The molecule has 3 amide bonds. The van der Waals surface area contributed by atoms with Gasteiger partial charge in [0.15, 0.2) is 0 Å². The summed E-state index contributed by atoms with van der Waals surface area (Å²) in [5.74, 6) is -4.72. The van der Waals surface area contributed by atoms with Crippen LogP contribution in [0.4, 0.5) is 14.9 Å². The maximum Gasteiger partial charge on any atom is 0.410 e. The van der Waals surface area contributed by atoms with Crippen molar-refractivity contribution in [3.8, 4) is 0 Å². The number of alkyl carbamates (subject to hydrolysis) is 1. The summed E-state index contributed by atoms with van der Waals surface area (Å²) in [6.07, 6.45) is -1.35. The molecule has 1 atom stereocenters. The van der Waals surface area contributed by atoms with Crippen LogP contribution in [-0.4, -0.2) is 43.8 Å². The molecule has 1 unspecified atom stereocenters. The third-order valence-electron chi connectivity index (χ3n) is 4.61. The van der Waals surface area contributed by atoms with Crippen LogP contribution in [0, 0.1) is 5.82 Å². The maximum absolute atomic E-state index is 13.4. The van der Waals surface area contributed by atoms with Crippen LogP contribution < -0.4 is 14.9 Å². The molecule has 3 rings (SSSR count). The number of hydrogen-bond donors (Lipinski definition) is 3. The molecular formula is C20H19ClFN3O7S. The van der Waals surface area contributed by atoms with Gasteiger partial charge in [-0.1, -0.05) is 11.6 Å². The van der Waals surface area contributed by atoms with Crippen molar-refractivity contribution in [1.29, 1.82) is 0 Å². The summed E-state index contributed by atoms with van der Waals surface area (Å²) in [4.78, 5) is 36.7. The van der Waals surface area contributed by atoms with E-state index in [0.29, 0.717) is 5.56 Å². The molecule has 3 N–H and O–H groups in total. The number of rotatable bonds is 6. The zero-order valence-electron chi connectivity index (χ0n) is 17.2. The van der Waals surface area contributed by atoms with Gasteiger partial charge in [-0.05, 0) is 48.0 Å². The highest BCUT2D eigenvalue weighted by atomic mass is 35.5. The number of carbonyl (C=O) groups is 3. The highest BCUT2D eigenvalue weighted by Crippen LogP contribution is 2.30. The van der Waals surface area contributed by atoms with E-state index in [-0.39, 0.29) is 35.1 Å². The minimum atomic E-state index is -4.05. The minimum absolute atomic E-state index is 0.0140. The Morgan fingerprint density at radius 3 is 2.52 bits per heavy atom. The maximum atomic E-state index is 13.4. The number of benzene rings is 2. The quantitative estimate of drug-likeness (QED) is 0.513. The fourth-order valence-electron chi connectivity index (χ4n) is 3.15. The van der Waals surface area contributed by atoms with Gasteiger partial charge in [-0.15, -0.1) is 0 Å². The van der Waals surface area contributed by atoms with E-state index in [9.17, 15) is 32.3 Å². The van der Waals surface area contributed by atoms with Crippen LogP contribution in [0.5, 0.6) is 0 Å². The fourth-order valence-corrected chi connectivity index (χ4v) is 4.39. The van der Waals surface area contributed by atoms with E-state index in [4.69, 9.17) is 16.3 Å². The standard InChI is InChI=1S/C20H19ClFN3O7S/c1-12(26)24-33(30,31)17-4-2-16(3-5-17)25-7-6-20(29,18(25)27)32-19(28)23-11-13-8-14(21)10-15(22)9-13/h2-5,8-10,29H,6-7,11H2,1H3,(H,23,28)(H,24,26). The van der Waals surface area contributed by atoms with E-state index in [1.54, 1.807) is 0 Å². The lowest BCUT2D eigenvalue weighted by Crippen LogP contribution is -2.46. The molecule has 176 valence electrons. The van der Waals surface area contributed by atoms with E-state index < -0.39 is 39.5 Å². The molecule has 33 heavy (non-hydrogen) atoms. The predicted molar refractivity (Wildman–Crippen MR) is 114 cm³/mol. The molecule has 0 radical (unpaired) electrons. The number of hydrogen-bond acceptors (Lipinski definition) is 7. The minimum Gasteiger partial charge on any atom is -0.407 e. The number of anilines is 1. The second-order valence-corrected chi connectivity index (χ2v) is 9.29. The van der Waals surface area contributed by atoms with Crippen LogP contribution >= 0.6 is 11.6 Å². The van der Waals surface area contributed by atoms with E-state index >= 15 is 0 Å². The molecule has 2 aromatic rings. The number of halogens is 2. The lowest BCUT2D eigenvalue weighted by atomic mass is 10.2. The predicted octanol–water partition coefficient (Wildman–Crippen LogP) is 1.66. The van der Waals surface area contributed by atoms with Gasteiger partial charge in [-0.2, -0.15) is 0 Å². The Hall–Kier alpha value is -3.22. The Balaban J connectivity index is 1.64. The molecule has 1 fully saturated rings. The Kier molecular flexibility index (Phi) is 6.91. The number of sulfonamides is 1. The van der Waals surface area contributed by atoms with Gasteiger partial charge in [-0.25, -0.2) is 22.3 Å².